The maximum absolute atomic E-state index is 12.8. The van der Waals surface area contributed by atoms with Crippen molar-refractivity contribution in [3.05, 3.63) is 60.8 Å². The first kappa shape index (κ1) is 60.1. The summed E-state index contributed by atoms with van der Waals surface area (Å²) in [6.07, 6.45) is 63.5. The molecule has 0 radical (unpaired) electrons. The van der Waals surface area contributed by atoms with Crippen LogP contribution in [0.5, 0.6) is 0 Å². The summed E-state index contributed by atoms with van der Waals surface area (Å²) >= 11 is 0. The molecule has 0 saturated carbocycles. The minimum absolute atomic E-state index is 0.0893. The lowest BCUT2D eigenvalue weighted by Gasteiger charge is -2.18. The van der Waals surface area contributed by atoms with E-state index in [0.29, 0.717) is 19.3 Å². The minimum atomic E-state index is -0.791. The van der Waals surface area contributed by atoms with Gasteiger partial charge >= 0.3 is 17.9 Å². The van der Waals surface area contributed by atoms with Gasteiger partial charge in [-0.1, -0.05) is 242 Å². The Morgan fingerprint density at radius 1 is 0.333 bits per heavy atom. The molecule has 0 aromatic rings. The fourth-order valence-electron chi connectivity index (χ4n) is 7.57. The van der Waals surface area contributed by atoms with Crippen LogP contribution in [0.15, 0.2) is 60.8 Å². The number of carbonyl (C=O) groups excluding carboxylic acids is 3. The van der Waals surface area contributed by atoms with Gasteiger partial charge in [0.1, 0.15) is 13.2 Å². The first-order valence-electron chi connectivity index (χ1n) is 26.8. The molecule has 0 spiro atoms. The van der Waals surface area contributed by atoms with Crippen molar-refractivity contribution in [3.63, 3.8) is 0 Å². The number of allylic oxidation sites excluding steroid dienone is 10. The van der Waals surface area contributed by atoms with Crippen molar-refractivity contribution in [2.24, 2.45) is 0 Å². The van der Waals surface area contributed by atoms with Crippen LogP contribution in [0.4, 0.5) is 0 Å². The molecule has 0 N–H and O–H groups in total. The highest BCUT2D eigenvalue weighted by atomic mass is 16.6. The Kier molecular flexibility index (Phi) is 49.4. The summed E-state index contributed by atoms with van der Waals surface area (Å²) in [5.74, 6) is -0.929. The molecule has 1 atom stereocenters. The van der Waals surface area contributed by atoms with Crippen molar-refractivity contribution in [2.75, 3.05) is 13.2 Å². The highest BCUT2D eigenvalue weighted by Gasteiger charge is 2.19. The van der Waals surface area contributed by atoms with Crippen molar-refractivity contribution in [1.29, 1.82) is 0 Å². The highest BCUT2D eigenvalue weighted by molar-refractivity contribution is 5.71. The first-order chi connectivity index (χ1) is 31.0. The molecule has 0 saturated heterocycles. The zero-order valence-corrected chi connectivity index (χ0v) is 41.6. The minimum Gasteiger partial charge on any atom is -0.462 e. The zero-order valence-electron chi connectivity index (χ0n) is 41.6. The Bertz CT molecular complexity index is 1150. The summed E-state index contributed by atoms with van der Waals surface area (Å²) in [4.78, 5) is 38.0. The lowest BCUT2D eigenvalue weighted by atomic mass is 10.0. The summed E-state index contributed by atoms with van der Waals surface area (Å²) in [6.45, 7) is 6.47. The van der Waals surface area contributed by atoms with E-state index in [1.54, 1.807) is 0 Å². The first-order valence-corrected chi connectivity index (χ1v) is 26.8. The SMILES string of the molecule is CC\C=C/C=C\C=C/C=C\CCCCCC(=O)OCC(COC(=O)CCCCCCC/C=C\CCCCCCCCC)OC(=O)CCCCCCCCCCCCCCCCCC. The molecule has 0 heterocycles. The molecule has 0 bridgehead atoms. The Balaban J connectivity index is 4.41. The van der Waals surface area contributed by atoms with Crippen LogP contribution in [0.2, 0.25) is 0 Å². The number of ether oxygens (including phenoxy) is 3. The van der Waals surface area contributed by atoms with Gasteiger partial charge in [0.25, 0.3) is 0 Å². The lowest BCUT2D eigenvalue weighted by molar-refractivity contribution is -0.167. The highest BCUT2D eigenvalue weighted by Crippen LogP contribution is 2.16. The van der Waals surface area contributed by atoms with Crippen LogP contribution in [0, 0.1) is 0 Å². The zero-order chi connectivity index (χ0) is 45.8. The maximum Gasteiger partial charge on any atom is 0.306 e. The van der Waals surface area contributed by atoms with E-state index in [0.717, 1.165) is 77.0 Å². The Morgan fingerprint density at radius 3 is 1.03 bits per heavy atom. The van der Waals surface area contributed by atoms with Gasteiger partial charge in [-0.2, -0.15) is 0 Å². The third kappa shape index (κ3) is 50.0. The van der Waals surface area contributed by atoms with E-state index in [1.165, 1.54) is 148 Å². The molecular weight excluding hydrogens is 781 g/mol. The van der Waals surface area contributed by atoms with Crippen molar-refractivity contribution in [1.82, 2.24) is 0 Å². The smallest absolute Gasteiger partial charge is 0.306 e. The predicted octanol–water partition coefficient (Wildman–Crippen LogP) is 17.6. The van der Waals surface area contributed by atoms with Gasteiger partial charge in [-0.3, -0.25) is 14.4 Å². The maximum atomic E-state index is 12.8. The molecule has 0 rings (SSSR count). The molecule has 6 heteroatoms. The van der Waals surface area contributed by atoms with E-state index in [4.69, 9.17) is 14.2 Å². The third-order valence-corrected chi connectivity index (χ3v) is 11.6. The quantitative estimate of drug-likeness (QED) is 0.0199. The number of unbranched alkanes of at least 4 members (excludes halogenated alkanes) is 30. The van der Waals surface area contributed by atoms with Gasteiger partial charge in [-0.05, 0) is 64.2 Å². The fourth-order valence-corrected chi connectivity index (χ4v) is 7.57. The summed E-state index contributed by atoms with van der Waals surface area (Å²) < 4.78 is 16.8. The molecule has 0 aliphatic carbocycles. The monoisotopic (exact) mass is 881 g/mol. The van der Waals surface area contributed by atoms with Gasteiger partial charge < -0.3 is 14.2 Å². The van der Waals surface area contributed by atoms with Gasteiger partial charge in [0.2, 0.25) is 0 Å². The molecule has 0 aromatic carbocycles. The molecular formula is C57H100O6. The average molecular weight is 881 g/mol. The van der Waals surface area contributed by atoms with E-state index in [2.05, 4.69) is 51.2 Å². The largest absolute Gasteiger partial charge is 0.462 e. The summed E-state index contributed by atoms with van der Waals surface area (Å²) in [5.41, 5.74) is 0. The van der Waals surface area contributed by atoms with Crippen molar-refractivity contribution in [2.45, 2.75) is 271 Å². The van der Waals surface area contributed by atoms with E-state index in [-0.39, 0.29) is 31.1 Å². The Morgan fingerprint density at radius 2 is 0.635 bits per heavy atom. The molecule has 0 aliphatic rings. The van der Waals surface area contributed by atoms with Crippen LogP contribution in [-0.2, 0) is 28.6 Å². The lowest BCUT2D eigenvalue weighted by Crippen LogP contribution is -2.30. The summed E-state index contributed by atoms with van der Waals surface area (Å²) in [5, 5.41) is 0. The van der Waals surface area contributed by atoms with Crippen molar-refractivity contribution >= 4 is 17.9 Å². The number of hydrogen-bond acceptors (Lipinski definition) is 6. The van der Waals surface area contributed by atoms with Crippen LogP contribution in [0.3, 0.4) is 0 Å². The topological polar surface area (TPSA) is 78.9 Å². The standard InChI is InChI=1S/C57H100O6/c1-4-7-10-13-16-19-22-25-27-29-32-35-38-41-44-47-50-56(59)62-53-54(52-61-55(58)49-46-43-40-37-34-31-24-21-18-15-12-9-6-3)63-57(60)51-48-45-42-39-36-33-30-28-26-23-20-17-14-11-8-5-2/h9,12,15,18,21,24,27,29,31,34,54H,4-8,10-11,13-14,16-17,19-20,22-23,25-26,28,30,32-33,35-53H2,1-3H3/b12-9-,18-15-,24-21-,29-27-,34-31-. The van der Waals surface area contributed by atoms with Gasteiger partial charge in [0, 0.05) is 19.3 Å². The van der Waals surface area contributed by atoms with Crippen LogP contribution in [0.25, 0.3) is 0 Å². The van der Waals surface area contributed by atoms with Crippen molar-refractivity contribution < 1.29 is 28.6 Å². The van der Waals surface area contributed by atoms with Crippen LogP contribution < -0.4 is 0 Å². The third-order valence-electron chi connectivity index (χ3n) is 11.6. The molecule has 364 valence electrons. The number of esters is 3. The van der Waals surface area contributed by atoms with Gasteiger partial charge in [-0.15, -0.1) is 0 Å². The molecule has 0 aromatic heterocycles. The normalized spacial score (nSPS) is 12.5. The second-order valence-electron chi connectivity index (χ2n) is 17.9. The number of hydrogen-bond donors (Lipinski definition) is 0. The number of rotatable bonds is 48. The number of carbonyl (C=O) groups is 3. The molecule has 1 unspecified atom stereocenters. The predicted molar refractivity (Wildman–Crippen MR) is 270 cm³/mol. The second-order valence-corrected chi connectivity index (χ2v) is 17.9. The second kappa shape index (κ2) is 51.7. The van der Waals surface area contributed by atoms with E-state index >= 15 is 0 Å². The summed E-state index contributed by atoms with van der Waals surface area (Å²) in [7, 11) is 0. The van der Waals surface area contributed by atoms with E-state index in [9.17, 15) is 14.4 Å². The molecule has 63 heavy (non-hydrogen) atoms. The Hall–Kier alpha value is -2.89. The van der Waals surface area contributed by atoms with Gasteiger partial charge in [0.05, 0.1) is 0 Å². The Labute approximate surface area is 390 Å². The van der Waals surface area contributed by atoms with Crippen LogP contribution in [0.1, 0.15) is 265 Å². The molecule has 6 nitrogen and oxygen atoms in total. The van der Waals surface area contributed by atoms with Crippen LogP contribution in [-0.4, -0.2) is 37.2 Å². The molecule has 0 amide bonds. The van der Waals surface area contributed by atoms with Crippen LogP contribution >= 0.6 is 0 Å². The van der Waals surface area contributed by atoms with Gasteiger partial charge in [0.15, 0.2) is 6.10 Å². The fraction of sp³-hybridized carbons (Fsp3) is 0.772. The van der Waals surface area contributed by atoms with Crippen molar-refractivity contribution in [3.8, 4) is 0 Å². The van der Waals surface area contributed by atoms with E-state index < -0.39 is 6.10 Å². The average Bonchev–Trinajstić information content (AvgIpc) is 3.28. The van der Waals surface area contributed by atoms with E-state index in [1.807, 2.05) is 30.4 Å². The molecule has 0 aliphatic heterocycles. The molecule has 0 fully saturated rings. The summed E-state index contributed by atoms with van der Waals surface area (Å²) in [6, 6.07) is 0. The van der Waals surface area contributed by atoms with Gasteiger partial charge in [-0.25, -0.2) is 0 Å².